The second-order valence-electron chi connectivity index (χ2n) is 3.95. The van der Waals surface area contributed by atoms with E-state index in [-0.39, 0.29) is 12.6 Å². The van der Waals surface area contributed by atoms with Gasteiger partial charge in [-0.2, -0.15) is 0 Å². The molecule has 0 saturated carbocycles. The molecule has 1 heterocycles. The third kappa shape index (κ3) is 3.17. The first-order valence-corrected chi connectivity index (χ1v) is 5.95. The van der Waals surface area contributed by atoms with Crippen LogP contribution in [0.4, 0.5) is 0 Å². The Morgan fingerprint density at radius 3 is 2.56 bits per heavy atom. The number of carbonyl (C=O) groups excluding carboxylic acids is 1. The number of aromatic nitrogens is 1. The van der Waals surface area contributed by atoms with Crippen LogP contribution in [0.5, 0.6) is 0 Å². The summed E-state index contributed by atoms with van der Waals surface area (Å²) in [6.07, 6.45) is 2.64. The molecule has 0 fully saturated rings. The lowest BCUT2D eigenvalue weighted by Gasteiger charge is -2.04. The number of hydrogen-bond acceptors (Lipinski definition) is 3. The number of nitrogens with zero attached hydrogens (tertiary/aromatic N) is 1. The van der Waals surface area contributed by atoms with E-state index < -0.39 is 0 Å². The van der Waals surface area contributed by atoms with Crippen LogP contribution < -0.4 is 0 Å². The van der Waals surface area contributed by atoms with Crippen molar-refractivity contribution in [2.24, 2.45) is 0 Å². The number of benzene rings is 1. The number of rotatable bonds is 4. The molecule has 3 heteroatoms. The summed E-state index contributed by atoms with van der Waals surface area (Å²) in [5.74, 6) is -0.316. The molecule has 3 nitrogen and oxygen atoms in total. The number of pyridine rings is 1. The van der Waals surface area contributed by atoms with Crippen LogP contribution in [-0.4, -0.2) is 11.0 Å². The maximum absolute atomic E-state index is 11.8. The van der Waals surface area contributed by atoms with Gasteiger partial charge in [-0.25, -0.2) is 4.79 Å². The Balaban J connectivity index is 1.95. The average molecular weight is 241 g/mol. The van der Waals surface area contributed by atoms with Crippen LogP contribution in [0.3, 0.4) is 0 Å². The lowest BCUT2D eigenvalue weighted by Crippen LogP contribution is -2.06. The molecule has 0 unspecified atom stereocenters. The molecule has 2 rings (SSSR count). The standard InChI is InChI=1S/C15H15NO2/c1-2-12-6-8-13(9-7-12)15(17)18-11-14-5-3-4-10-16-14/h3-10H,2,11H2,1H3. The molecule has 0 aliphatic heterocycles. The zero-order valence-electron chi connectivity index (χ0n) is 10.3. The molecule has 92 valence electrons. The second kappa shape index (κ2) is 5.96. The summed E-state index contributed by atoms with van der Waals surface area (Å²) in [4.78, 5) is 15.9. The minimum Gasteiger partial charge on any atom is -0.456 e. The van der Waals surface area contributed by atoms with E-state index in [0.717, 1.165) is 12.1 Å². The molecule has 0 radical (unpaired) electrons. The molecule has 1 aromatic carbocycles. The summed E-state index contributed by atoms with van der Waals surface area (Å²) < 4.78 is 5.19. The molecule has 0 N–H and O–H groups in total. The molecular formula is C15H15NO2. The fourth-order valence-electron chi connectivity index (χ4n) is 1.58. The molecule has 0 spiro atoms. The van der Waals surface area contributed by atoms with Gasteiger partial charge in [0.25, 0.3) is 0 Å². The van der Waals surface area contributed by atoms with E-state index in [2.05, 4.69) is 11.9 Å². The molecule has 2 aromatic rings. The fourth-order valence-corrected chi connectivity index (χ4v) is 1.58. The maximum Gasteiger partial charge on any atom is 0.338 e. The number of ether oxygens (including phenoxy) is 1. The lowest BCUT2D eigenvalue weighted by atomic mass is 10.1. The van der Waals surface area contributed by atoms with Crippen molar-refractivity contribution >= 4 is 5.97 Å². The monoisotopic (exact) mass is 241 g/mol. The van der Waals surface area contributed by atoms with E-state index in [9.17, 15) is 4.79 Å². The van der Waals surface area contributed by atoms with E-state index in [4.69, 9.17) is 4.74 Å². The Labute approximate surface area is 106 Å². The van der Waals surface area contributed by atoms with Crippen LogP contribution in [-0.2, 0) is 17.8 Å². The predicted molar refractivity (Wildman–Crippen MR) is 69.2 cm³/mol. The van der Waals surface area contributed by atoms with Gasteiger partial charge in [0.2, 0.25) is 0 Å². The van der Waals surface area contributed by atoms with E-state index in [0.29, 0.717) is 5.56 Å². The van der Waals surface area contributed by atoms with Crippen LogP contribution in [0, 0.1) is 0 Å². The Morgan fingerprint density at radius 2 is 1.94 bits per heavy atom. The average Bonchev–Trinajstić information content (AvgIpc) is 2.46. The van der Waals surface area contributed by atoms with Gasteiger partial charge in [0.05, 0.1) is 11.3 Å². The van der Waals surface area contributed by atoms with Gasteiger partial charge in [-0.05, 0) is 36.2 Å². The van der Waals surface area contributed by atoms with E-state index in [1.54, 1.807) is 18.3 Å². The first kappa shape index (κ1) is 12.3. The highest BCUT2D eigenvalue weighted by Gasteiger charge is 2.07. The van der Waals surface area contributed by atoms with Gasteiger partial charge in [0.15, 0.2) is 0 Å². The van der Waals surface area contributed by atoms with Gasteiger partial charge in [-0.1, -0.05) is 25.1 Å². The minimum atomic E-state index is -0.316. The van der Waals surface area contributed by atoms with Crippen molar-refractivity contribution < 1.29 is 9.53 Å². The molecule has 0 aliphatic rings. The normalized spacial score (nSPS) is 10.1. The Kier molecular flexibility index (Phi) is 4.07. The van der Waals surface area contributed by atoms with Crippen LogP contribution in [0.25, 0.3) is 0 Å². The molecular weight excluding hydrogens is 226 g/mol. The number of esters is 1. The summed E-state index contributed by atoms with van der Waals surface area (Å²) in [6.45, 7) is 2.28. The van der Waals surface area contributed by atoms with Crippen molar-refractivity contribution in [2.75, 3.05) is 0 Å². The molecule has 1 aromatic heterocycles. The van der Waals surface area contributed by atoms with Crippen LogP contribution in [0.1, 0.15) is 28.5 Å². The van der Waals surface area contributed by atoms with Crippen LogP contribution >= 0.6 is 0 Å². The van der Waals surface area contributed by atoms with Gasteiger partial charge >= 0.3 is 5.97 Å². The topological polar surface area (TPSA) is 39.2 Å². The van der Waals surface area contributed by atoms with E-state index in [1.165, 1.54) is 5.56 Å². The van der Waals surface area contributed by atoms with Crippen molar-refractivity contribution in [3.05, 3.63) is 65.5 Å². The molecule has 0 amide bonds. The SMILES string of the molecule is CCc1ccc(C(=O)OCc2ccccn2)cc1. The maximum atomic E-state index is 11.8. The fraction of sp³-hybridized carbons (Fsp3) is 0.200. The summed E-state index contributed by atoms with van der Waals surface area (Å²) in [7, 11) is 0. The Hall–Kier alpha value is -2.16. The Morgan fingerprint density at radius 1 is 1.17 bits per heavy atom. The smallest absolute Gasteiger partial charge is 0.338 e. The molecule has 0 aliphatic carbocycles. The minimum absolute atomic E-state index is 0.204. The number of aryl methyl sites for hydroxylation is 1. The van der Waals surface area contributed by atoms with Gasteiger partial charge < -0.3 is 4.74 Å². The van der Waals surface area contributed by atoms with Gasteiger partial charge in [0.1, 0.15) is 6.61 Å². The van der Waals surface area contributed by atoms with Crippen molar-refractivity contribution in [2.45, 2.75) is 20.0 Å². The number of hydrogen-bond donors (Lipinski definition) is 0. The van der Waals surface area contributed by atoms with Gasteiger partial charge in [0, 0.05) is 6.20 Å². The quantitative estimate of drug-likeness (QED) is 0.772. The highest BCUT2D eigenvalue weighted by Crippen LogP contribution is 2.07. The zero-order chi connectivity index (χ0) is 12.8. The van der Waals surface area contributed by atoms with Crippen molar-refractivity contribution in [1.29, 1.82) is 0 Å². The highest BCUT2D eigenvalue weighted by molar-refractivity contribution is 5.89. The lowest BCUT2D eigenvalue weighted by molar-refractivity contribution is 0.0468. The molecule has 0 atom stereocenters. The predicted octanol–water partition coefficient (Wildman–Crippen LogP) is 3.00. The van der Waals surface area contributed by atoms with Gasteiger partial charge in [-0.3, -0.25) is 4.98 Å². The van der Waals surface area contributed by atoms with Crippen molar-refractivity contribution in [1.82, 2.24) is 4.98 Å². The summed E-state index contributed by atoms with van der Waals surface area (Å²) >= 11 is 0. The third-order valence-electron chi connectivity index (χ3n) is 2.68. The van der Waals surface area contributed by atoms with Crippen LogP contribution in [0.2, 0.25) is 0 Å². The third-order valence-corrected chi connectivity index (χ3v) is 2.68. The first-order valence-electron chi connectivity index (χ1n) is 5.95. The summed E-state index contributed by atoms with van der Waals surface area (Å²) in [5, 5.41) is 0. The second-order valence-corrected chi connectivity index (χ2v) is 3.95. The van der Waals surface area contributed by atoms with Gasteiger partial charge in [-0.15, -0.1) is 0 Å². The van der Waals surface area contributed by atoms with Crippen molar-refractivity contribution in [3.63, 3.8) is 0 Å². The molecule has 0 saturated heterocycles. The van der Waals surface area contributed by atoms with E-state index in [1.807, 2.05) is 30.3 Å². The first-order chi connectivity index (χ1) is 8.79. The highest BCUT2D eigenvalue weighted by atomic mass is 16.5. The zero-order valence-corrected chi connectivity index (χ0v) is 10.3. The van der Waals surface area contributed by atoms with Crippen molar-refractivity contribution in [3.8, 4) is 0 Å². The summed E-state index contributed by atoms with van der Waals surface area (Å²) in [5.41, 5.74) is 2.52. The largest absolute Gasteiger partial charge is 0.456 e. The summed E-state index contributed by atoms with van der Waals surface area (Å²) in [6, 6.07) is 13.0. The van der Waals surface area contributed by atoms with E-state index >= 15 is 0 Å². The number of carbonyl (C=O) groups is 1. The Bertz CT molecular complexity index is 506. The molecule has 18 heavy (non-hydrogen) atoms. The molecule has 0 bridgehead atoms. The van der Waals surface area contributed by atoms with Crippen LogP contribution in [0.15, 0.2) is 48.7 Å².